The molecule has 1 aromatic heterocycles. The van der Waals surface area contributed by atoms with E-state index in [-0.39, 0.29) is 12.0 Å². The van der Waals surface area contributed by atoms with Gasteiger partial charge in [-0.1, -0.05) is 22.0 Å². The fourth-order valence-corrected chi connectivity index (χ4v) is 3.27. The second-order valence-corrected chi connectivity index (χ2v) is 6.70. The first-order chi connectivity index (χ1) is 12.0. The van der Waals surface area contributed by atoms with Crippen molar-refractivity contribution < 1.29 is 14.3 Å². The molecular weight excluding hydrogens is 388 g/mol. The number of carbonyl (C=O) groups excluding carboxylic acids is 2. The number of hydrogen-bond donors (Lipinski definition) is 0. The Morgan fingerprint density at radius 3 is 2.48 bits per heavy atom. The van der Waals surface area contributed by atoms with Crippen LogP contribution in [-0.4, -0.2) is 64.9 Å². The highest BCUT2D eigenvalue weighted by molar-refractivity contribution is 9.10. The van der Waals surface area contributed by atoms with Crippen LogP contribution >= 0.6 is 15.9 Å². The molecule has 0 bridgehead atoms. The van der Waals surface area contributed by atoms with Crippen molar-refractivity contribution in [1.82, 2.24) is 19.6 Å². The summed E-state index contributed by atoms with van der Waals surface area (Å²) in [6.07, 6.45) is 1.25. The molecule has 8 heteroatoms. The number of ether oxygens (including phenoxy) is 1. The summed E-state index contributed by atoms with van der Waals surface area (Å²) < 4.78 is 7.42. The van der Waals surface area contributed by atoms with Gasteiger partial charge in [0.2, 0.25) is 0 Å². The zero-order valence-corrected chi connectivity index (χ0v) is 15.7. The second-order valence-electron chi connectivity index (χ2n) is 5.78. The van der Waals surface area contributed by atoms with Crippen molar-refractivity contribution >= 4 is 27.9 Å². The summed E-state index contributed by atoms with van der Waals surface area (Å²) in [5, 5.41) is 4.36. The number of amides is 2. The number of halogens is 1. The summed E-state index contributed by atoms with van der Waals surface area (Å²) in [5.74, 6) is -0.0664. The summed E-state index contributed by atoms with van der Waals surface area (Å²) >= 11 is 3.45. The van der Waals surface area contributed by atoms with Gasteiger partial charge in [-0.15, -0.1) is 0 Å². The van der Waals surface area contributed by atoms with Gasteiger partial charge in [-0.25, -0.2) is 9.48 Å². The van der Waals surface area contributed by atoms with E-state index >= 15 is 0 Å². The molecule has 0 N–H and O–H groups in total. The summed E-state index contributed by atoms with van der Waals surface area (Å²) in [6.45, 7) is 3.78. The maximum atomic E-state index is 12.8. The van der Waals surface area contributed by atoms with Gasteiger partial charge in [0, 0.05) is 30.7 Å². The molecule has 0 unspecified atom stereocenters. The van der Waals surface area contributed by atoms with Crippen molar-refractivity contribution in [2.45, 2.75) is 6.92 Å². The second kappa shape index (κ2) is 7.26. The normalized spacial score (nSPS) is 14.5. The van der Waals surface area contributed by atoms with E-state index in [0.29, 0.717) is 31.7 Å². The highest BCUT2D eigenvalue weighted by atomic mass is 79.9. The molecule has 2 heterocycles. The third-order valence-electron chi connectivity index (χ3n) is 4.29. The van der Waals surface area contributed by atoms with Crippen molar-refractivity contribution in [2.75, 3.05) is 33.3 Å². The van der Waals surface area contributed by atoms with Gasteiger partial charge in [0.1, 0.15) is 0 Å². The Morgan fingerprint density at radius 1 is 1.16 bits per heavy atom. The van der Waals surface area contributed by atoms with E-state index in [9.17, 15) is 9.59 Å². The number of rotatable bonds is 2. The predicted molar refractivity (Wildman–Crippen MR) is 95.9 cm³/mol. The Bertz CT molecular complexity index is 797. The van der Waals surface area contributed by atoms with Crippen LogP contribution in [-0.2, 0) is 4.74 Å². The number of hydrogen-bond acceptors (Lipinski definition) is 4. The molecule has 2 amide bonds. The van der Waals surface area contributed by atoms with Gasteiger partial charge in [0.15, 0.2) is 0 Å². The summed E-state index contributed by atoms with van der Waals surface area (Å²) in [4.78, 5) is 27.7. The Labute approximate surface area is 154 Å². The van der Waals surface area contributed by atoms with Crippen LogP contribution in [0.5, 0.6) is 0 Å². The predicted octanol–water partition coefficient (Wildman–Crippen LogP) is 2.47. The maximum Gasteiger partial charge on any atom is 0.409 e. The fourth-order valence-electron chi connectivity index (χ4n) is 2.88. The molecule has 0 atom stereocenters. The van der Waals surface area contributed by atoms with Crippen molar-refractivity contribution in [1.29, 1.82) is 0 Å². The lowest BCUT2D eigenvalue weighted by molar-refractivity contribution is 0.0599. The summed E-state index contributed by atoms with van der Waals surface area (Å²) in [5.41, 5.74) is 2.26. The fraction of sp³-hybridized carbons (Fsp3) is 0.353. The molecule has 0 spiro atoms. The van der Waals surface area contributed by atoms with Crippen LogP contribution in [0.3, 0.4) is 0 Å². The molecule has 2 aromatic rings. The number of benzene rings is 1. The zero-order chi connectivity index (χ0) is 18.0. The molecule has 0 radical (unpaired) electrons. The Morgan fingerprint density at radius 2 is 1.84 bits per heavy atom. The Hall–Kier alpha value is -2.35. The lowest BCUT2D eigenvalue weighted by Gasteiger charge is -2.33. The minimum absolute atomic E-state index is 0.0664. The molecule has 1 saturated heterocycles. The standard InChI is InChI=1S/C17H19BrN4O3/c1-12-15(11-19-22(12)14-5-3-4-13(18)10-14)16(23)20-6-8-21(9-7-20)17(24)25-2/h3-5,10-11H,6-9H2,1-2H3. The number of piperazine rings is 1. The van der Waals surface area contributed by atoms with Crippen LogP contribution in [0.1, 0.15) is 16.1 Å². The minimum atomic E-state index is -0.356. The topological polar surface area (TPSA) is 67.7 Å². The zero-order valence-electron chi connectivity index (χ0n) is 14.1. The summed E-state index contributed by atoms with van der Waals surface area (Å²) in [6, 6.07) is 7.75. The van der Waals surface area contributed by atoms with Gasteiger partial charge in [0.25, 0.3) is 5.91 Å². The largest absolute Gasteiger partial charge is 0.453 e. The Balaban J connectivity index is 1.75. The number of aromatic nitrogens is 2. The number of carbonyl (C=O) groups is 2. The van der Waals surface area contributed by atoms with E-state index in [1.807, 2.05) is 31.2 Å². The molecule has 1 aliphatic rings. The Kier molecular flexibility index (Phi) is 5.08. The van der Waals surface area contributed by atoms with Gasteiger partial charge in [-0.2, -0.15) is 5.10 Å². The van der Waals surface area contributed by atoms with E-state index in [1.54, 1.807) is 20.7 Å². The third-order valence-corrected chi connectivity index (χ3v) is 4.79. The molecule has 1 aliphatic heterocycles. The highest BCUT2D eigenvalue weighted by Gasteiger charge is 2.27. The van der Waals surface area contributed by atoms with Crippen molar-refractivity contribution in [2.24, 2.45) is 0 Å². The van der Waals surface area contributed by atoms with Crippen molar-refractivity contribution in [3.63, 3.8) is 0 Å². The SMILES string of the molecule is COC(=O)N1CCN(C(=O)c2cnn(-c3cccc(Br)c3)c2C)CC1. The highest BCUT2D eigenvalue weighted by Crippen LogP contribution is 2.19. The molecule has 0 aliphatic carbocycles. The van der Waals surface area contributed by atoms with Gasteiger partial charge >= 0.3 is 6.09 Å². The van der Waals surface area contributed by atoms with Crippen LogP contribution < -0.4 is 0 Å². The average Bonchev–Trinajstić information content (AvgIpc) is 3.02. The van der Waals surface area contributed by atoms with Crippen LogP contribution in [0, 0.1) is 6.92 Å². The first kappa shape index (κ1) is 17.5. The van der Waals surface area contributed by atoms with Crippen LogP contribution in [0.15, 0.2) is 34.9 Å². The number of methoxy groups -OCH3 is 1. The molecule has 1 aromatic carbocycles. The quantitative estimate of drug-likeness (QED) is 0.767. The first-order valence-electron chi connectivity index (χ1n) is 7.94. The average molecular weight is 407 g/mol. The van der Waals surface area contributed by atoms with Crippen LogP contribution in [0.2, 0.25) is 0 Å². The summed E-state index contributed by atoms with van der Waals surface area (Å²) in [7, 11) is 1.36. The van der Waals surface area contributed by atoms with E-state index in [4.69, 9.17) is 4.74 Å². The monoisotopic (exact) mass is 406 g/mol. The van der Waals surface area contributed by atoms with Crippen LogP contribution in [0.25, 0.3) is 5.69 Å². The smallest absolute Gasteiger partial charge is 0.409 e. The minimum Gasteiger partial charge on any atom is -0.453 e. The molecule has 7 nitrogen and oxygen atoms in total. The van der Waals surface area contributed by atoms with Gasteiger partial charge in [0.05, 0.1) is 30.3 Å². The van der Waals surface area contributed by atoms with Gasteiger partial charge < -0.3 is 14.5 Å². The molecular formula is C17H19BrN4O3. The van der Waals surface area contributed by atoms with Gasteiger partial charge in [-0.3, -0.25) is 4.79 Å². The number of nitrogens with zero attached hydrogens (tertiary/aromatic N) is 4. The lowest BCUT2D eigenvalue weighted by atomic mass is 10.2. The molecule has 132 valence electrons. The molecule has 3 rings (SSSR count). The molecule has 0 saturated carbocycles. The third kappa shape index (κ3) is 3.53. The van der Waals surface area contributed by atoms with E-state index in [1.165, 1.54) is 7.11 Å². The van der Waals surface area contributed by atoms with Crippen molar-refractivity contribution in [3.05, 3.63) is 46.2 Å². The van der Waals surface area contributed by atoms with E-state index in [2.05, 4.69) is 21.0 Å². The maximum absolute atomic E-state index is 12.8. The van der Waals surface area contributed by atoms with Crippen molar-refractivity contribution in [3.8, 4) is 5.69 Å². The first-order valence-corrected chi connectivity index (χ1v) is 8.73. The lowest BCUT2D eigenvalue weighted by Crippen LogP contribution is -2.50. The van der Waals surface area contributed by atoms with Crippen LogP contribution in [0.4, 0.5) is 4.79 Å². The van der Waals surface area contributed by atoms with E-state index in [0.717, 1.165) is 15.9 Å². The molecule has 1 fully saturated rings. The van der Waals surface area contributed by atoms with Gasteiger partial charge in [-0.05, 0) is 25.1 Å². The molecule has 25 heavy (non-hydrogen) atoms. The van der Waals surface area contributed by atoms with E-state index < -0.39 is 0 Å².